The Bertz CT molecular complexity index is 302. The van der Waals surface area contributed by atoms with E-state index in [1.807, 2.05) is 13.8 Å². The van der Waals surface area contributed by atoms with E-state index in [4.69, 9.17) is 11.6 Å². The van der Waals surface area contributed by atoms with Gasteiger partial charge in [0.15, 0.2) is 0 Å². The average Bonchev–Trinajstić information content (AvgIpc) is 2.31. The van der Waals surface area contributed by atoms with Gasteiger partial charge in [-0.3, -0.25) is 4.79 Å². The zero-order valence-corrected chi connectivity index (χ0v) is 9.66. The van der Waals surface area contributed by atoms with Crippen LogP contribution in [-0.4, -0.2) is 16.9 Å². The first-order chi connectivity index (χ1) is 6.00. The van der Waals surface area contributed by atoms with Crippen LogP contribution in [0.1, 0.15) is 24.3 Å². The number of carbonyl (C=O) groups excluding carboxylic acids is 1. The van der Waals surface area contributed by atoms with Crippen LogP contribution in [0.4, 0.5) is 0 Å². The Hall–Kier alpha value is -0.480. The standard InChI is InChI=1S/C8H10BrClN2O/c1-4(2)11-8(13)6-3-5(10)7(9)12-6/h3-4,12H,1-2H3,(H,11,13). The molecule has 1 aromatic rings. The molecule has 2 N–H and O–H groups in total. The predicted molar refractivity (Wildman–Crippen MR) is 56.1 cm³/mol. The van der Waals surface area contributed by atoms with Crippen molar-refractivity contribution in [1.82, 2.24) is 10.3 Å². The van der Waals surface area contributed by atoms with Crippen molar-refractivity contribution in [3.63, 3.8) is 0 Å². The molecule has 0 bridgehead atoms. The maximum absolute atomic E-state index is 11.4. The molecular weight excluding hydrogens is 255 g/mol. The number of amides is 1. The lowest BCUT2D eigenvalue weighted by molar-refractivity contribution is 0.0938. The summed E-state index contributed by atoms with van der Waals surface area (Å²) in [5.74, 6) is -0.150. The summed E-state index contributed by atoms with van der Waals surface area (Å²) >= 11 is 8.93. The maximum atomic E-state index is 11.4. The van der Waals surface area contributed by atoms with E-state index in [2.05, 4.69) is 26.2 Å². The molecule has 1 aromatic heterocycles. The van der Waals surface area contributed by atoms with Gasteiger partial charge < -0.3 is 10.3 Å². The van der Waals surface area contributed by atoms with Crippen LogP contribution >= 0.6 is 27.5 Å². The largest absolute Gasteiger partial charge is 0.349 e. The zero-order chi connectivity index (χ0) is 10.0. The normalized spacial score (nSPS) is 10.5. The molecule has 0 aliphatic heterocycles. The van der Waals surface area contributed by atoms with Gasteiger partial charge >= 0.3 is 0 Å². The van der Waals surface area contributed by atoms with Gasteiger partial charge in [0.05, 0.1) is 5.02 Å². The van der Waals surface area contributed by atoms with Gasteiger partial charge in [0.25, 0.3) is 5.91 Å². The number of hydrogen-bond acceptors (Lipinski definition) is 1. The maximum Gasteiger partial charge on any atom is 0.267 e. The summed E-state index contributed by atoms with van der Waals surface area (Å²) in [6, 6.07) is 1.71. The quantitative estimate of drug-likeness (QED) is 0.848. The lowest BCUT2D eigenvalue weighted by atomic mass is 10.3. The topological polar surface area (TPSA) is 44.9 Å². The fraction of sp³-hybridized carbons (Fsp3) is 0.375. The summed E-state index contributed by atoms with van der Waals surface area (Å²) in [6.07, 6.45) is 0. The van der Waals surface area contributed by atoms with Crippen molar-refractivity contribution in [1.29, 1.82) is 0 Å². The molecule has 1 amide bonds. The zero-order valence-electron chi connectivity index (χ0n) is 7.32. The molecule has 5 heteroatoms. The monoisotopic (exact) mass is 264 g/mol. The van der Waals surface area contributed by atoms with Gasteiger partial charge in [-0.25, -0.2) is 0 Å². The second kappa shape index (κ2) is 4.15. The lowest BCUT2D eigenvalue weighted by Crippen LogP contribution is -2.30. The first-order valence-corrected chi connectivity index (χ1v) is 5.02. The van der Waals surface area contributed by atoms with E-state index in [0.717, 1.165) is 0 Å². The Kier molecular flexibility index (Phi) is 3.39. The minimum absolute atomic E-state index is 0.119. The number of nitrogens with one attached hydrogen (secondary N) is 2. The SMILES string of the molecule is CC(C)NC(=O)c1cc(Cl)c(Br)[nH]1. The second-order valence-corrected chi connectivity index (χ2v) is 4.17. The number of carbonyl (C=O) groups is 1. The summed E-state index contributed by atoms with van der Waals surface area (Å²) in [5, 5.41) is 3.26. The van der Waals surface area contributed by atoms with Crippen molar-refractivity contribution in [3.8, 4) is 0 Å². The van der Waals surface area contributed by atoms with Crippen LogP contribution in [0, 0.1) is 0 Å². The molecule has 0 aliphatic carbocycles. The van der Waals surface area contributed by atoms with Crippen LogP contribution in [0.25, 0.3) is 0 Å². The van der Waals surface area contributed by atoms with E-state index in [1.165, 1.54) is 0 Å². The molecule has 1 heterocycles. The molecule has 0 atom stereocenters. The minimum atomic E-state index is -0.150. The summed E-state index contributed by atoms with van der Waals surface area (Å²) in [6.45, 7) is 3.80. The van der Waals surface area contributed by atoms with Crippen LogP contribution in [-0.2, 0) is 0 Å². The number of aromatic amines is 1. The van der Waals surface area contributed by atoms with Crippen molar-refractivity contribution >= 4 is 33.4 Å². The van der Waals surface area contributed by atoms with E-state index < -0.39 is 0 Å². The third-order valence-corrected chi connectivity index (χ3v) is 2.54. The molecule has 0 aliphatic rings. The fourth-order valence-electron chi connectivity index (χ4n) is 0.866. The Labute approximate surface area is 90.0 Å². The van der Waals surface area contributed by atoms with Crippen LogP contribution in [0.15, 0.2) is 10.7 Å². The Morgan fingerprint density at radius 3 is 2.69 bits per heavy atom. The van der Waals surface area contributed by atoms with Gasteiger partial charge in [0.2, 0.25) is 0 Å². The molecule has 0 fully saturated rings. The number of hydrogen-bond donors (Lipinski definition) is 2. The molecule has 1 rings (SSSR count). The number of H-pyrrole nitrogens is 1. The van der Waals surface area contributed by atoms with Crippen LogP contribution in [0.3, 0.4) is 0 Å². The van der Waals surface area contributed by atoms with Crippen molar-refractivity contribution in [2.75, 3.05) is 0 Å². The van der Waals surface area contributed by atoms with Crippen LogP contribution in [0.2, 0.25) is 5.02 Å². The number of halogens is 2. The number of aromatic nitrogens is 1. The van der Waals surface area contributed by atoms with Crippen molar-refractivity contribution < 1.29 is 4.79 Å². The Morgan fingerprint density at radius 1 is 1.69 bits per heavy atom. The first kappa shape index (κ1) is 10.6. The molecule has 0 unspecified atom stereocenters. The first-order valence-electron chi connectivity index (χ1n) is 3.85. The molecule has 0 spiro atoms. The van der Waals surface area contributed by atoms with Gasteiger partial charge in [0.1, 0.15) is 10.3 Å². The summed E-state index contributed by atoms with van der Waals surface area (Å²) in [4.78, 5) is 14.2. The molecule has 0 aromatic carbocycles. The highest BCUT2D eigenvalue weighted by atomic mass is 79.9. The molecular formula is C8H10BrClN2O. The third-order valence-electron chi connectivity index (χ3n) is 1.39. The van der Waals surface area contributed by atoms with Crippen molar-refractivity contribution in [2.24, 2.45) is 0 Å². The van der Waals surface area contributed by atoms with Crippen LogP contribution in [0.5, 0.6) is 0 Å². The number of rotatable bonds is 2. The lowest BCUT2D eigenvalue weighted by Gasteiger charge is -2.05. The van der Waals surface area contributed by atoms with E-state index >= 15 is 0 Å². The van der Waals surface area contributed by atoms with Gasteiger partial charge in [-0.15, -0.1) is 0 Å². The smallest absolute Gasteiger partial charge is 0.267 e. The Morgan fingerprint density at radius 2 is 2.31 bits per heavy atom. The second-order valence-electron chi connectivity index (χ2n) is 2.97. The highest BCUT2D eigenvalue weighted by Gasteiger charge is 2.11. The van der Waals surface area contributed by atoms with Crippen LogP contribution < -0.4 is 5.32 Å². The van der Waals surface area contributed by atoms with Gasteiger partial charge in [-0.1, -0.05) is 11.6 Å². The molecule has 0 saturated heterocycles. The highest BCUT2D eigenvalue weighted by molar-refractivity contribution is 9.10. The van der Waals surface area contributed by atoms with Crippen molar-refractivity contribution in [2.45, 2.75) is 19.9 Å². The molecule has 13 heavy (non-hydrogen) atoms. The summed E-state index contributed by atoms with van der Waals surface area (Å²) in [5.41, 5.74) is 0.463. The molecule has 3 nitrogen and oxygen atoms in total. The predicted octanol–water partition coefficient (Wildman–Crippen LogP) is 2.57. The summed E-state index contributed by atoms with van der Waals surface area (Å²) in [7, 11) is 0. The van der Waals surface area contributed by atoms with Gasteiger partial charge in [0, 0.05) is 6.04 Å². The fourth-order valence-corrected chi connectivity index (χ4v) is 1.35. The van der Waals surface area contributed by atoms with Gasteiger partial charge in [-0.05, 0) is 35.8 Å². The third kappa shape index (κ3) is 2.74. The minimum Gasteiger partial charge on any atom is -0.349 e. The van der Waals surface area contributed by atoms with E-state index in [-0.39, 0.29) is 11.9 Å². The Balaban J connectivity index is 2.77. The molecule has 72 valence electrons. The van der Waals surface area contributed by atoms with E-state index in [1.54, 1.807) is 6.07 Å². The molecule has 0 radical (unpaired) electrons. The van der Waals surface area contributed by atoms with Gasteiger partial charge in [-0.2, -0.15) is 0 Å². The van der Waals surface area contributed by atoms with E-state index in [0.29, 0.717) is 15.3 Å². The van der Waals surface area contributed by atoms with E-state index in [9.17, 15) is 4.79 Å². The van der Waals surface area contributed by atoms with Crippen molar-refractivity contribution in [3.05, 3.63) is 21.4 Å². The molecule has 0 saturated carbocycles. The average molecular weight is 266 g/mol. The highest BCUT2D eigenvalue weighted by Crippen LogP contribution is 2.22. The summed E-state index contributed by atoms with van der Waals surface area (Å²) < 4.78 is 0.628.